The highest BCUT2D eigenvalue weighted by Crippen LogP contribution is 2.31. The molecule has 106 valence electrons. The van der Waals surface area contributed by atoms with E-state index in [0.29, 0.717) is 16.0 Å². The SMILES string of the molecule is COc1cc(CC(Cl)c2c(F)cc(Br)cc2F)ncn1. The molecule has 0 aliphatic rings. The van der Waals surface area contributed by atoms with Crippen molar-refractivity contribution in [2.24, 2.45) is 0 Å². The fourth-order valence-corrected chi connectivity index (χ4v) is 2.51. The topological polar surface area (TPSA) is 35.0 Å². The summed E-state index contributed by atoms with van der Waals surface area (Å²) < 4.78 is 32.9. The summed E-state index contributed by atoms with van der Waals surface area (Å²) in [5, 5.41) is -0.872. The molecule has 0 saturated heterocycles. The van der Waals surface area contributed by atoms with Crippen molar-refractivity contribution >= 4 is 27.5 Å². The van der Waals surface area contributed by atoms with Crippen molar-refractivity contribution in [1.29, 1.82) is 0 Å². The molecule has 0 amide bonds. The van der Waals surface area contributed by atoms with Crippen molar-refractivity contribution in [3.8, 4) is 5.88 Å². The van der Waals surface area contributed by atoms with Gasteiger partial charge < -0.3 is 4.74 Å². The third kappa shape index (κ3) is 3.43. The van der Waals surface area contributed by atoms with E-state index < -0.39 is 17.0 Å². The van der Waals surface area contributed by atoms with E-state index in [0.717, 1.165) is 0 Å². The van der Waals surface area contributed by atoms with Gasteiger partial charge in [-0.1, -0.05) is 15.9 Å². The molecule has 3 nitrogen and oxygen atoms in total. The molecular formula is C13H10BrClF2N2O. The zero-order chi connectivity index (χ0) is 14.7. The second kappa shape index (κ2) is 6.45. The van der Waals surface area contributed by atoms with Crippen molar-refractivity contribution in [2.45, 2.75) is 11.8 Å². The Kier molecular flexibility index (Phi) is 4.88. The first-order chi connectivity index (χ1) is 9.51. The van der Waals surface area contributed by atoms with Gasteiger partial charge in [0.15, 0.2) is 0 Å². The molecule has 2 rings (SSSR count). The zero-order valence-electron chi connectivity index (χ0n) is 10.4. The van der Waals surface area contributed by atoms with Crippen LogP contribution in [0.2, 0.25) is 0 Å². The van der Waals surface area contributed by atoms with Crippen molar-refractivity contribution in [2.75, 3.05) is 7.11 Å². The maximum absolute atomic E-state index is 13.8. The summed E-state index contributed by atoms with van der Waals surface area (Å²) >= 11 is 9.12. The lowest BCUT2D eigenvalue weighted by Crippen LogP contribution is -2.04. The number of alkyl halides is 1. The minimum Gasteiger partial charge on any atom is -0.481 e. The smallest absolute Gasteiger partial charge is 0.216 e. The van der Waals surface area contributed by atoms with E-state index in [1.807, 2.05) is 0 Å². The molecule has 2 aromatic rings. The minimum absolute atomic E-state index is 0.163. The first-order valence-corrected chi connectivity index (χ1v) is 6.87. The molecule has 7 heteroatoms. The molecule has 0 fully saturated rings. The molecule has 0 spiro atoms. The third-order valence-corrected chi connectivity index (χ3v) is 3.48. The van der Waals surface area contributed by atoms with E-state index in [4.69, 9.17) is 16.3 Å². The molecule has 1 aromatic heterocycles. The summed E-state index contributed by atoms with van der Waals surface area (Å²) in [5.41, 5.74) is 0.367. The maximum Gasteiger partial charge on any atom is 0.216 e. The van der Waals surface area contributed by atoms with Crippen LogP contribution in [0.3, 0.4) is 0 Å². The number of halogens is 4. The monoisotopic (exact) mass is 362 g/mol. The molecule has 1 aromatic carbocycles. The second-order valence-corrected chi connectivity index (χ2v) is 5.45. The van der Waals surface area contributed by atoms with Crippen LogP contribution in [0.1, 0.15) is 16.6 Å². The molecule has 0 radical (unpaired) electrons. The highest BCUT2D eigenvalue weighted by Gasteiger charge is 2.20. The van der Waals surface area contributed by atoms with E-state index in [9.17, 15) is 8.78 Å². The van der Waals surface area contributed by atoms with Gasteiger partial charge in [-0.2, -0.15) is 0 Å². The number of methoxy groups -OCH3 is 1. The maximum atomic E-state index is 13.8. The molecule has 1 atom stereocenters. The predicted molar refractivity (Wildman–Crippen MR) is 74.9 cm³/mol. The first-order valence-electron chi connectivity index (χ1n) is 5.64. The number of benzene rings is 1. The average molecular weight is 364 g/mol. The molecule has 1 unspecified atom stereocenters. The quantitative estimate of drug-likeness (QED) is 0.769. The lowest BCUT2D eigenvalue weighted by Gasteiger charge is -2.12. The molecule has 20 heavy (non-hydrogen) atoms. The van der Waals surface area contributed by atoms with E-state index in [-0.39, 0.29) is 12.0 Å². The lowest BCUT2D eigenvalue weighted by molar-refractivity contribution is 0.396. The highest BCUT2D eigenvalue weighted by atomic mass is 79.9. The van der Waals surface area contributed by atoms with Gasteiger partial charge in [-0.25, -0.2) is 18.7 Å². The Morgan fingerprint density at radius 3 is 2.50 bits per heavy atom. The Morgan fingerprint density at radius 1 is 1.25 bits per heavy atom. The van der Waals surface area contributed by atoms with Crippen LogP contribution in [0.5, 0.6) is 5.88 Å². The van der Waals surface area contributed by atoms with E-state index in [1.54, 1.807) is 6.07 Å². The van der Waals surface area contributed by atoms with Crippen LogP contribution < -0.4 is 4.74 Å². The Labute approximate surface area is 128 Å². The van der Waals surface area contributed by atoms with Gasteiger partial charge in [-0.15, -0.1) is 11.6 Å². The normalized spacial score (nSPS) is 12.2. The summed E-state index contributed by atoms with van der Waals surface area (Å²) in [7, 11) is 1.47. The zero-order valence-corrected chi connectivity index (χ0v) is 12.8. The minimum atomic E-state index is -0.872. The van der Waals surface area contributed by atoms with Crippen molar-refractivity contribution in [1.82, 2.24) is 9.97 Å². The fourth-order valence-electron chi connectivity index (χ4n) is 1.74. The van der Waals surface area contributed by atoms with Crippen LogP contribution in [0.4, 0.5) is 8.78 Å². The van der Waals surface area contributed by atoms with Crippen LogP contribution in [0.25, 0.3) is 0 Å². The van der Waals surface area contributed by atoms with Crippen molar-refractivity contribution in [3.05, 3.63) is 51.9 Å². The predicted octanol–water partition coefficient (Wildman–Crippen LogP) is 4.05. The average Bonchev–Trinajstić information content (AvgIpc) is 2.37. The molecule has 0 bridgehead atoms. The van der Waals surface area contributed by atoms with Gasteiger partial charge in [0.1, 0.15) is 18.0 Å². The van der Waals surface area contributed by atoms with Crippen LogP contribution in [0, 0.1) is 11.6 Å². The van der Waals surface area contributed by atoms with Gasteiger partial charge >= 0.3 is 0 Å². The number of rotatable bonds is 4. The summed E-state index contributed by atoms with van der Waals surface area (Å²) in [6.07, 6.45) is 1.47. The number of hydrogen-bond donors (Lipinski definition) is 0. The van der Waals surface area contributed by atoms with Gasteiger partial charge in [0, 0.05) is 28.2 Å². The van der Waals surface area contributed by atoms with Crippen LogP contribution in [-0.2, 0) is 6.42 Å². The largest absolute Gasteiger partial charge is 0.481 e. The molecule has 0 N–H and O–H groups in total. The first kappa shape index (κ1) is 15.1. The lowest BCUT2D eigenvalue weighted by atomic mass is 10.1. The van der Waals surface area contributed by atoms with E-state index in [1.165, 1.54) is 25.6 Å². The highest BCUT2D eigenvalue weighted by molar-refractivity contribution is 9.10. The Bertz CT molecular complexity index is 604. The molecule has 0 saturated carbocycles. The molecular weight excluding hydrogens is 354 g/mol. The summed E-state index contributed by atoms with van der Waals surface area (Å²) in [4.78, 5) is 7.85. The molecule has 1 heterocycles. The van der Waals surface area contributed by atoms with Crippen molar-refractivity contribution < 1.29 is 13.5 Å². The van der Waals surface area contributed by atoms with Crippen molar-refractivity contribution in [3.63, 3.8) is 0 Å². The number of ether oxygens (including phenoxy) is 1. The van der Waals surface area contributed by atoms with Gasteiger partial charge in [-0.05, 0) is 12.1 Å². The Morgan fingerprint density at radius 2 is 1.90 bits per heavy atom. The van der Waals surface area contributed by atoms with Gasteiger partial charge in [0.2, 0.25) is 5.88 Å². The molecule has 0 aliphatic heterocycles. The Hall–Kier alpha value is -1.27. The fraction of sp³-hybridized carbons (Fsp3) is 0.231. The second-order valence-electron chi connectivity index (χ2n) is 4.01. The summed E-state index contributed by atoms with van der Waals surface area (Å²) in [6.45, 7) is 0. The van der Waals surface area contributed by atoms with Gasteiger partial charge in [-0.3, -0.25) is 0 Å². The number of nitrogens with zero attached hydrogens (tertiary/aromatic N) is 2. The van der Waals surface area contributed by atoms with Crippen LogP contribution in [-0.4, -0.2) is 17.1 Å². The number of aromatic nitrogens is 2. The van der Waals surface area contributed by atoms with E-state index >= 15 is 0 Å². The van der Waals surface area contributed by atoms with Crippen LogP contribution in [0.15, 0.2) is 29.0 Å². The number of hydrogen-bond acceptors (Lipinski definition) is 3. The van der Waals surface area contributed by atoms with Gasteiger partial charge in [0.25, 0.3) is 0 Å². The van der Waals surface area contributed by atoms with Gasteiger partial charge in [0.05, 0.1) is 12.5 Å². The van der Waals surface area contributed by atoms with E-state index in [2.05, 4.69) is 25.9 Å². The summed E-state index contributed by atoms with van der Waals surface area (Å²) in [6, 6.07) is 3.92. The molecule has 0 aliphatic carbocycles. The third-order valence-electron chi connectivity index (χ3n) is 2.65. The van der Waals surface area contributed by atoms with Crippen LogP contribution >= 0.6 is 27.5 Å². The standard InChI is InChI=1S/C13H10BrClF2N2O/c1-20-12-5-8(18-6-19-12)4-9(15)13-10(16)2-7(14)3-11(13)17/h2-3,5-6,9H,4H2,1H3. The Balaban J connectivity index is 2.26. The summed E-state index contributed by atoms with van der Waals surface area (Å²) in [5.74, 6) is -1.02.